The van der Waals surface area contributed by atoms with Crippen LogP contribution in [0.2, 0.25) is 0 Å². The van der Waals surface area contributed by atoms with Crippen LogP contribution in [0.5, 0.6) is 17.2 Å². The van der Waals surface area contributed by atoms with Gasteiger partial charge in [0.15, 0.2) is 18.1 Å². The van der Waals surface area contributed by atoms with Gasteiger partial charge in [0.25, 0.3) is 5.91 Å². The third kappa shape index (κ3) is 6.24. The van der Waals surface area contributed by atoms with Gasteiger partial charge in [0.05, 0.1) is 14.2 Å². The number of nitrogens with one attached hydrogen (secondary N) is 1. The highest BCUT2D eigenvalue weighted by molar-refractivity contribution is 9.10. The van der Waals surface area contributed by atoms with E-state index in [4.69, 9.17) is 14.2 Å². The number of carboxylic acid groups (broad SMARTS) is 1. The van der Waals surface area contributed by atoms with Crippen molar-refractivity contribution in [3.05, 3.63) is 88.0 Å². The maximum atomic E-state index is 13.4. The van der Waals surface area contributed by atoms with Gasteiger partial charge in [0.2, 0.25) is 0 Å². The van der Waals surface area contributed by atoms with Crippen molar-refractivity contribution < 1.29 is 28.9 Å². The molecule has 1 amide bonds. The highest BCUT2D eigenvalue weighted by Crippen LogP contribution is 2.35. The van der Waals surface area contributed by atoms with Gasteiger partial charge in [0, 0.05) is 34.7 Å². The Morgan fingerprint density at radius 2 is 1.84 bits per heavy atom. The molecule has 0 aliphatic rings. The summed E-state index contributed by atoms with van der Waals surface area (Å²) in [6.45, 7) is 0.422. The summed E-state index contributed by atoms with van der Waals surface area (Å²) in [5, 5.41) is 10.7. The summed E-state index contributed by atoms with van der Waals surface area (Å²) in [6.07, 6.45) is 2.59. The fraction of sp³-hybridized carbons (Fsp3) is 0.214. The Kier molecular flexibility index (Phi) is 8.35. The fourth-order valence-corrected chi connectivity index (χ4v) is 4.57. The number of para-hydroxylation sites is 1. The number of fused-ring (bicyclic) bond motifs is 1. The Balaban J connectivity index is 1.56. The smallest absolute Gasteiger partial charge is 0.339 e. The lowest BCUT2D eigenvalue weighted by Crippen LogP contribution is -2.36. The van der Waals surface area contributed by atoms with Crippen molar-refractivity contribution >= 4 is 38.7 Å². The molecule has 0 saturated carbocycles. The third-order valence-corrected chi connectivity index (χ3v) is 6.45. The molecule has 4 aromatic rings. The number of amides is 1. The molecule has 0 spiro atoms. The summed E-state index contributed by atoms with van der Waals surface area (Å²) in [6, 6.07) is 18.5. The van der Waals surface area contributed by atoms with Crippen LogP contribution in [0.15, 0.2) is 71.3 Å². The van der Waals surface area contributed by atoms with Gasteiger partial charge in [-0.3, -0.25) is 4.79 Å². The predicted octanol–water partition coefficient (Wildman–Crippen LogP) is 5.30. The van der Waals surface area contributed by atoms with Crippen LogP contribution in [0.25, 0.3) is 10.9 Å². The molecule has 1 heterocycles. The van der Waals surface area contributed by atoms with Gasteiger partial charge in [-0.2, -0.15) is 0 Å². The summed E-state index contributed by atoms with van der Waals surface area (Å²) in [5.74, 6) is -0.552. The van der Waals surface area contributed by atoms with E-state index in [0.29, 0.717) is 29.7 Å². The SMILES string of the molecule is COc1cccc(CN(CCc2c[nH]c3ccccc23)C(=O)COc2c(OC)cc(Br)cc2C(=O)O)c1. The first-order valence-electron chi connectivity index (χ1n) is 11.6. The van der Waals surface area contributed by atoms with Crippen LogP contribution in [-0.4, -0.2) is 54.2 Å². The summed E-state index contributed by atoms with van der Waals surface area (Å²) < 4.78 is 16.9. The molecule has 8 nitrogen and oxygen atoms in total. The van der Waals surface area contributed by atoms with Crippen molar-refractivity contribution in [2.45, 2.75) is 13.0 Å². The van der Waals surface area contributed by atoms with E-state index in [9.17, 15) is 14.7 Å². The number of halogens is 1. The Hall–Kier alpha value is -3.98. The summed E-state index contributed by atoms with van der Waals surface area (Å²) >= 11 is 3.28. The molecule has 0 aliphatic heterocycles. The van der Waals surface area contributed by atoms with Crippen LogP contribution >= 0.6 is 15.9 Å². The standard InChI is InChI=1S/C28H27BrN2O6/c1-35-21-7-5-6-18(12-21)16-31(11-10-19-15-30-24-9-4-3-8-22(19)24)26(32)17-37-27-23(28(33)34)13-20(29)14-25(27)36-2/h3-9,12-15,30H,10-11,16-17H2,1-2H3,(H,33,34). The number of aromatic carboxylic acids is 1. The minimum atomic E-state index is -1.19. The van der Waals surface area contributed by atoms with Gasteiger partial charge in [-0.15, -0.1) is 0 Å². The van der Waals surface area contributed by atoms with E-state index in [1.165, 1.54) is 13.2 Å². The number of methoxy groups -OCH3 is 2. The maximum Gasteiger partial charge on any atom is 0.339 e. The average molecular weight is 567 g/mol. The van der Waals surface area contributed by atoms with Crippen molar-refractivity contribution in [2.24, 2.45) is 0 Å². The van der Waals surface area contributed by atoms with Crippen molar-refractivity contribution in [2.75, 3.05) is 27.4 Å². The van der Waals surface area contributed by atoms with Crippen LogP contribution in [0, 0.1) is 0 Å². The Morgan fingerprint density at radius 1 is 1.03 bits per heavy atom. The molecule has 4 rings (SSSR count). The fourth-order valence-electron chi connectivity index (χ4n) is 4.13. The number of aromatic nitrogens is 1. The molecule has 0 aliphatic carbocycles. The van der Waals surface area contributed by atoms with Crippen LogP contribution in [-0.2, 0) is 17.8 Å². The van der Waals surface area contributed by atoms with Gasteiger partial charge >= 0.3 is 5.97 Å². The zero-order chi connectivity index (χ0) is 26.4. The number of rotatable bonds is 11. The average Bonchev–Trinajstić information content (AvgIpc) is 3.32. The van der Waals surface area contributed by atoms with E-state index in [1.54, 1.807) is 18.1 Å². The summed E-state index contributed by atoms with van der Waals surface area (Å²) in [7, 11) is 3.01. The van der Waals surface area contributed by atoms with Crippen molar-refractivity contribution in [3.8, 4) is 17.2 Å². The van der Waals surface area contributed by atoms with Gasteiger partial charge < -0.3 is 29.2 Å². The molecule has 1 aromatic heterocycles. The minimum Gasteiger partial charge on any atom is -0.497 e. The predicted molar refractivity (Wildman–Crippen MR) is 144 cm³/mol. The summed E-state index contributed by atoms with van der Waals surface area (Å²) in [5.41, 5.74) is 2.94. The number of hydrogen-bond donors (Lipinski definition) is 2. The number of carboxylic acids is 1. The molecule has 0 bridgehead atoms. The van der Waals surface area contributed by atoms with Crippen LogP contribution < -0.4 is 14.2 Å². The zero-order valence-electron chi connectivity index (χ0n) is 20.5. The molecule has 2 N–H and O–H groups in total. The first-order valence-corrected chi connectivity index (χ1v) is 12.4. The normalized spacial score (nSPS) is 10.8. The Labute approximate surface area is 222 Å². The molecule has 0 atom stereocenters. The highest BCUT2D eigenvalue weighted by atomic mass is 79.9. The number of carbonyl (C=O) groups excluding carboxylic acids is 1. The molecule has 0 fully saturated rings. The molecular formula is C28H27BrN2O6. The van der Waals surface area contributed by atoms with E-state index < -0.39 is 5.97 Å². The number of aromatic amines is 1. The summed E-state index contributed by atoms with van der Waals surface area (Å²) in [4.78, 5) is 30.2. The molecule has 0 saturated heterocycles. The van der Waals surface area contributed by atoms with E-state index in [1.807, 2.05) is 54.7 Å². The monoisotopic (exact) mass is 566 g/mol. The van der Waals surface area contributed by atoms with Crippen LogP contribution in [0.1, 0.15) is 21.5 Å². The number of benzene rings is 3. The van der Waals surface area contributed by atoms with Crippen molar-refractivity contribution in [1.82, 2.24) is 9.88 Å². The number of nitrogens with zero attached hydrogens (tertiary/aromatic N) is 1. The van der Waals surface area contributed by atoms with E-state index in [-0.39, 0.29) is 29.6 Å². The van der Waals surface area contributed by atoms with Crippen LogP contribution in [0.3, 0.4) is 0 Å². The van der Waals surface area contributed by atoms with Gasteiger partial charge in [0.1, 0.15) is 11.3 Å². The quantitative estimate of drug-likeness (QED) is 0.255. The van der Waals surface area contributed by atoms with E-state index in [0.717, 1.165) is 22.0 Å². The molecule has 37 heavy (non-hydrogen) atoms. The number of ether oxygens (including phenoxy) is 3. The topological polar surface area (TPSA) is 101 Å². The highest BCUT2D eigenvalue weighted by Gasteiger charge is 2.22. The Bertz CT molecular complexity index is 1420. The lowest BCUT2D eigenvalue weighted by atomic mass is 10.1. The first-order chi connectivity index (χ1) is 17.9. The molecular weight excluding hydrogens is 540 g/mol. The van der Waals surface area contributed by atoms with Gasteiger partial charge in [-0.1, -0.05) is 46.3 Å². The van der Waals surface area contributed by atoms with Gasteiger partial charge in [-0.25, -0.2) is 4.79 Å². The second-order valence-electron chi connectivity index (χ2n) is 8.35. The lowest BCUT2D eigenvalue weighted by Gasteiger charge is -2.24. The number of carbonyl (C=O) groups is 2. The second kappa shape index (κ2) is 11.8. The Morgan fingerprint density at radius 3 is 2.59 bits per heavy atom. The molecule has 3 aromatic carbocycles. The molecule has 0 unspecified atom stereocenters. The second-order valence-corrected chi connectivity index (χ2v) is 9.27. The lowest BCUT2D eigenvalue weighted by molar-refractivity contribution is -0.134. The molecule has 192 valence electrons. The van der Waals surface area contributed by atoms with Crippen molar-refractivity contribution in [3.63, 3.8) is 0 Å². The van der Waals surface area contributed by atoms with Crippen LogP contribution in [0.4, 0.5) is 0 Å². The van der Waals surface area contributed by atoms with E-state index >= 15 is 0 Å². The minimum absolute atomic E-state index is 0.00417. The van der Waals surface area contributed by atoms with Gasteiger partial charge in [-0.05, 0) is 47.9 Å². The number of hydrogen-bond acceptors (Lipinski definition) is 5. The first kappa shape index (κ1) is 26.1. The molecule has 9 heteroatoms. The molecule has 0 radical (unpaired) electrons. The third-order valence-electron chi connectivity index (χ3n) is 6.00. The largest absolute Gasteiger partial charge is 0.497 e. The van der Waals surface area contributed by atoms with Crippen molar-refractivity contribution in [1.29, 1.82) is 0 Å². The zero-order valence-corrected chi connectivity index (χ0v) is 22.1. The number of H-pyrrole nitrogens is 1. The maximum absolute atomic E-state index is 13.4. The van der Waals surface area contributed by atoms with E-state index in [2.05, 4.69) is 20.9 Å².